The quantitative estimate of drug-likeness (QED) is 0.737. The highest BCUT2D eigenvalue weighted by molar-refractivity contribution is 5.94. The van der Waals surface area contributed by atoms with Gasteiger partial charge < -0.3 is 14.2 Å². The van der Waals surface area contributed by atoms with Gasteiger partial charge in [-0.2, -0.15) is 0 Å². The summed E-state index contributed by atoms with van der Waals surface area (Å²) in [6.45, 7) is 1.12. The number of carbonyl (C=O) groups is 2. The van der Waals surface area contributed by atoms with Crippen LogP contribution in [0.15, 0.2) is 18.3 Å². The Bertz CT molecular complexity index is 446. The fourth-order valence-electron chi connectivity index (χ4n) is 1.58. The highest BCUT2D eigenvalue weighted by atomic mass is 19.3. The topological polar surface area (TPSA) is 51.5 Å². The Kier molecular flexibility index (Phi) is 5.47. The molecule has 0 fully saturated rings. The van der Waals surface area contributed by atoms with Crippen molar-refractivity contribution in [2.24, 2.45) is 0 Å². The molecule has 19 heavy (non-hydrogen) atoms. The van der Waals surface area contributed by atoms with E-state index in [-0.39, 0.29) is 18.8 Å². The van der Waals surface area contributed by atoms with Gasteiger partial charge in [0.25, 0.3) is 12.3 Å². The lowest BCUT2D eigenvalue weighted by Gasteiger charge is -2.17. The van der Waals surface area contributed by atoms with Gasteiger partial charge in [0, 0.05) is 13.2 Å². The summed E-state index contributed by atoms with van der Waals surface area (Å²) in [5.41, 5.74) is 0.118. The SMILES string of the molecule is CCOC(=O)CN(C)C(=O)c1cccn1CC(F)F. The van der Waals surface area contributed by atoms with Crippen LogP contribution >= 0.6 is 0 Å². The molecule has 0 saturated carbocycles. The number of ether oxygens (including phenoxy) is 1. The molecule has 1 rings (SSSR count). The summed E-state index contributed by atoms with van der Waals surface area (Å²) in [6, 6.07) is 2.94. The number of aromatic nitrogens is 1. The fraction of sp³-hybridized carbons (Fsp3) is 0.500. The molecule has 0 bridgehead atoms. The maximum atomic E-state index is 12.3. The molecule has 0 N–H and O–H groups in total. The van der Waals surface area contributed by atoms with E-state index in [0.717, 1.165) is 9.47 Å². The standard InChI is InChI=1S/C12H16F2N2O3/c1-3-19-11(17)8-15(2)12(18)9-5-4-6-16(9)7-10(13)14/h4-6,10H,3,7-8H2,1-2H3. The Balaban J connectivity index is 2.71. The molecule has 1 heterocycles. The number of amides is 1. The molecule has 0 unspecified atom stereocenters. The van der Waals surface area contributed by atoms with E-state index >= 15 is 0 Å². The lowest BCUT2D eigenvalue weighted by atomic mass is 10.3. The fourth-order valence-corrected chi connectivity index (χ4v) is 1.58. The van der Waals surface area contributed by atoms with Crippen LogP contribution in [-0.2, 0) is 16.1 Å². The minimum atomic E-state index is -2.55. The van der Waals surface area contributed by atoms with E-state index in [1.165, 1.54) is 25.4 Å². The van der Waals surface area contributed by atoms with Gasteiger partial charge in [-0.15, -0.1) is 0 Å². The summed E-state index contributed by atoms with van der Waals surface area (Å²) < 4.78 is 30.5. The molecule has 0 spiro atoms. The van der Waals surface area contributed by atoms with Crippen molar-refractivity contribution in [3.05, 3.63) is 24.0 Å². The van der Waals surface area contributed by atoms with Crippen molar-refractivity contribution in [2.45, 2.75) is 19.9 Å². The maximum absolute atomic E-state index is 12.3. The van der Waals surface area contributed by atoms with Crippen molar-refractivity contribution in [1.82, 2.24) is 9.47 Å². The van der Waals surface area contributed by atoms with Crippen LogP contribution in [0.1, 0.15) is 17.4 Å². The first kappa shape index (κ1) is 15.1. The largest absolute Gasteiger partial charge is 0.465 e. The number of alkyl halides is 2. The van der Waals surface area contributed by atoms with Crippen LogP contribution in [0.3, 0.4) is 0 Å². The Morgan fingerprint density at radius 3 is 2.74 bits per heavy atom. The second kappa shape index (κ2) is 6.86. The zero-order valence-electron chi connectivity index (χ0n) is 10.8. The first-order valence-electron chi connectivity index (χ1n) is 5.80. The minimum Gasteiger partial charge on any atom is -0.465 e. The summed E-state index contributed by atoms with van der Waals surface area (Å²) in [5.74, 6) is -1.04. The predicted octanol–water partition coefficient (Wildman–Crippen LogP) is 1.39. The van der Waals surface area contributed by atoms with Crippen LogP contribution in [0.4, 0.5) is 8.78 Å². The molecular formula is C12H16F2N2O3. The average molecular weight is 274 g/mol. The molecule has 0 saturated heterocycles. The molecule has 0 atom stereocenters. The molecule has 5 nitrogen and oxygen atoms in total. The number of hydrogen-bond acceptors (Lipinski definition) is 3. The summed E-state index contributed by atoms with van der Waals surface area (Å²) in [6.07, 6.45) is -1.15. The Morgan fingerprint density at radius 2 is 2.16 bits per heavy atom. The Morgan fingerprint density at radius 1 is 1.47 bits per heavy atom. The van der Waals surface area contributed by atoms with Crippen LogP contribution in [0.5, 0.6) is 0 Å². The highest BCUT2D eigenvalue weighted by Crippen LogP contribution is 2.09. The van der Waals surface area contributed by atoms with Crippen molar-refractivity contribution in [2.75, 3.05) is 20.2 Å². The summed E-state index contributed by atoms with van der Waals surface area (Å²) in [5, 5.41) is 0. The third-order valence-electron chi connectivity index (χ3n) is 2.40. The van der Waals surface area contributed by atoms with E-state index in [4.69, 9.17) is 4.74 Å². The van der Waals surface area contributed by atoms with Crippen molar-refractivity contribution in [3.63, 3.8) is 0 Å². The number of nitrogens with zero attached hydrogens (tertiary/aromatic N) is 2. The van der Waals surface area contributed by atoms with Crippen LogP contribution in [0, 0.1) is 0 Å². The maximum Gasteiger partial charge on any atom is 0.325 e. The molecule has 1 aromatic rings. The molecule has 1 amide bonds. The summed E-state index contributed by atoms with van der Waals surface area (Å²) >= 11 is 0. The highest BCUT2D eigenvalue weighted by Gasteiger charge is 2.19. The van der Waals surface area contributed by atoms with Gasteiger partial charge >= 0.3 is 5.97 Å². The number of esters is 1. The van der Waals surface area contributed by atoms with Gasteiger partial charge in [0.15, 0.2) is 0 Å². The van der Waals surface area contributed by atoms with Gasteiger partial charge in [0.2, 0.25) is 0 Å². The number of hydrogen-bond donors (Lipinski definition) is 0. The van der Waals surface area contributed by atoms with Gasteiger partial charge in [-0.1, -0.05) is 0 Å². The number of rotatable bonds is 6. The van der Waals surface area contributed by atoms with Gasteiger partial charge in [0.05, 0.1) is 13.2 Å². The van der Waals surface area contributed by atoms with E-state index < -0.39 is 24.8 Å². The smallest absolute Gasteiger partial charge is 0.325 e. The zero-order valence-corrected chi connectivity index (χ0v) is 10.8. The molecule has 0 aliphatic rings. The molecule has 106 valence electrons. The van der Waals surface area contributed by atoms with E-state index in [1.54, 1.807) is 6.92 Å². The number of likely N-dealkylation sites (N-methyl/N-ethyl adjacent to an activating group) is 1. The second-order valence-electron chi connectivity index (χ2n) is 3.90. The van der Waals surface area contributed by atoms with Crippen LogP contribution < -0.4 is 0 Å². The molecule has 0 aliphatic carbocycles. The van der Waals surface area contributed by atoms with E-state index in [2.05, 4.69) is 0 Å². The van der Waals surface area contributed by atoms with Gasteiger partial charge in [-0.25, -0.2) is 8.78 Å². The van der Waals surface area contributed by atoms with Crippen molar-refractivity contribution >= 4 is 11.9 Å². The molecule has 0 aromatic carbocycles. The van der Waals surface area contributed by atoms with Gasteiger partial charge in [0.1, 0.15) is 12.2 Å². The molecule has 0 aliphatic heterocycles. The number of carbonyl (C=O) groups excluding carboxylic acids is 2. The second-order valence-corrected chi connectivity index (χ2v) is 3.90. The van der Waals surface area contributed by atoms with Crippen molar-refractivity contribution < 1.29 is 23.1 Å². The van der Waals surface area contributed by atoms with Crippen LogP contribution in [0.25, 0.3) is 0 Å². The average Bonchev–Trinajstić information content (AvgIpc) is 2.75. The first-order chi connectivity index (χ1) is 8.95. The van der Waals surface area contributed by atoms with E-state index in [9.17, 15) is 18.4 Å². The lowest BCUT2D eigenvalue weighted by molar-refractivity contribution is -0.143. The normalized spacial score (nSPS) is 10.6. The lowest BCUT2D eigenvalue weighted by Crippen LogP contribution is -2.34. The van der Waals surface area contributed by atoms with Gasteiger partial charge in [-0.05, 0) is 19.1 Å². The molecule has 0 radical (unpaired) electrons. The third-order valence-corrected chi connectivity index (χ3v) is 2.40. The van der Waals surface area contributed by atoms with E-state index in [0.29, 0.717) is 0 Å². The van der Waals surface area contributed by atoms with Crippen LogP contribution in [-0.4, -0.2) is 48.0 Å². The third kappa shape index (κ3) is 4.35. The van der Waals surface area contributed by atoms with Gasteiger partial charge in [-0.3, -0.25) is 9.59 Å². The predicted molar refractivity (Wildman–Crippen MR) is 64.0 cm³/mol. The van der Waals surface area contributed by atoms with Crippen molar-refractivity contribution in [1.29, 1.82) is 0 Å². The van der Waals surface area contributed by atoms with E-state index in [1.807, 2.05) is 0 Å². The Labute approximate surface area is 109 Å². The molecule has 7 heteroatoms. The van der Waals surface area contributed by atoms with Crippen molar-refractivity contribution in [3.8, 4) is 0 Å². The zero-order chi connectivity index (χ0) is 14.4. The molecule has 1 aromatic heterocycles. The minimum absolute atomic E-state index is 0.118. The monoisotopic (exact) mass is 274 g/mol. The first-order valence-corrected chi connectivity index (χ1v) is 5.80. The van der Waals surface area contributed by atoms with Crippen LogP contribution in [0.2, 0.25) is 0 Å². The number of halogens is 2. The Hall–Kier alpha value is -1.92. The summed E-state index contributed by atoms with van der Waals surface area (Å²) in [4.78, 5) is 24.4. The molecular weight excluding hydrogens is 258 g/mol. The summed E-state index contributed by atoms with van der Waals surface area (Å²) in [7, 11) is 1.42.